The van der Waals surface area contributed by atoms with Gasteiger partial charge < -0.3 is 14.5 Å². The third-order valence-corrected chi connectivity index (χ3v) is 6.67. The van der Waals surface area contributed by atoms with Gasteiger partial charge in [0.25, 0.3) is 5.91 Å². The molecule has 6 nitrogen and oxygen atoms in total. The summed E-state index contributed by atoms with van der Waals surface area (Å²) in [6.07, 6.45) is 6.60. The van der Waals surface area contributed by atoms with Gasteiger partial charge in [0.05, 0.1) is 0 Å². The Morgan fingerprint density at radius 2 is 1.88 bits per heavy atom. The van der Waals surface area contributed by atoms with Gasteiger partial charge in [-0.25, -0.2) is 0 Å². The van der Waals surface area contributed by atoms with Gasteiger partial charge in [-0.05, 0) is 61.6 Å². The molecule has 0 spiro atoms. The van der Waals surface area contributed by atoms with E-state index in [1.807, 2.05) is 58.3 Å². The topological polar surface area (TPSA) is 61.9 Å². The lowest BCUT2D eigenvalue weighted by atomic mass is 9.95. The van der Waals surface area contributed by atoms with E-state index in [9.17, 15) is 9.59 Å². The highest BCUT2D eigenvalue weighted by atomic mass is 16.5. The van der Waals surface area contributed by atoms with Crippen LogP contribution in [0.3, 0.4) is 0 Å². The van der Waals surface area contributed by atoms with Crippen LogP contribution in [0.2, 0.25) is 0 Å². The summed E-state index contributed by atoms with van der Waals surface area (Å²) in [5.41, 5.74) is 2.95. The molecule has 0 radical (unpaired) electrons. The van der Waals surface area contributed by atoms with E-state index in [2.05, 4.69) is 24.9 Å². The van der Waals surface area contributed by atoms with E-state index in [-0.39, 0.29) is 24.1 Å². The van der Waals surface area contributed by atoms with Crippen molar-refractivity contribution in [1.82, 2.24) is 10.2 Å². The zero-order valence-electron chi connectivity index (χ0n) is 20.0. The first-order valence-electron chi connectivity index (χ1n) is 12.4. The fourth-order valence-corrected chi connectivity index (χ4v) is 4.88. The number of nitrogens with zero attached hydrogens (tertiary/aromatic N) is 2. The van der Waals surface area contributed by atoms with E-state index in [4.69, 9.17) is 4.74 Å². The second-order valence-corrected chi connectivity index (χ2v) is 9.03. The summed E-state index contributed by atoms with van der Waals surface area (Å²) < 4.78 is 6.04. The highest BCUT2D eigenvalue weighted by molar-refractivity contribution is 5.97. The SMILES string of the molecule is C=CCNC(CCC)Oc1ccc(C(=O)N2CCC(N3C(=O)CCc4ccccc43)CC2)cc1. The number of anilines is 1. The quantitative estimate of drug-likeness (QED) is 0.440. The van der Waals surface area contributed by atoms with Crippen molar-refractivity contribution in [2.24, 2.45) is 0 Å². The van der Waals surface area contributed by atoms with Gasteiger partial charge in [0, 0.05) is 43.3 Å². The molecule has 2 amide bonds. The Bertz CT molecular complexity index is 996. The summed E-state index contributed by atoms with van der Waals surface area (Å²) >= 11 is 0. The minimum absolute atomic E-state index is 0.0326. The van der Waals surface area contributed by atoms with Crippen LogP contribution in [-0.4, -0.2) is 48.6 Å². The van der Waals surface area contributed by atoms with Gasteiger partial charge in [-0.3, -0.25) is 14.9 Å². The number of nitrogens with one attached hydrogen (secondary N) is 1. The van der Waals surface area contributed by atoms with Crippen molar-refractivity contribution in [3.8, 4) is 5.75 Å². The van der Waals surface area contributed by atoms with Crippen molar-refractivity contribution < 1.29 is 14.3 Å². The molecule has 6 heteroatoms. The number of amides is 2. The molecule has 2 aliphatic heterocycles. The Morgan fingerprint density at radius 1 is 1.15 bits per heavy atom. The molecule has 0 saturated carbocycles. The molecule has 1 N–H and O–H groups in total. The van der Waals surface area contributed by atoms with Gasteiger partial charge in [-0.2, -0.15) is 0 Å². The Balaban J connectivity index is 1.35. The van der Waals surface area contributed by atoms with Gasteiger partial charge in [0.15, 0.2) is 0 Å². The van der Waals surface area contributed by atoms with Crippen molar-refractivity contribution >= 4 is 17.5 Å². The zero-order chi connectivity index (χ0) is 23.9. The monoisotopic (exact) mass is 461 g/mol. The number of likely N-dealkylation sites (tertiary alicyclic amines) is 1. The summed E-state index contributed by atoms with van der Waals surface area (Å²) in [5.74, 6) is 0.973. The number of hydrogen-bond acceptors (Lipinski definition) is 4. The van der Waals surface area contributed by atoms with Gasteiger partial charge in [-0.15, -0.1) is 6.58 Å². The molecule has 4 rings (SSSR count). The number of carbonyl (C=O) groups is 2. The van der Waals surface area contributed by atoms with Gasteiger partial charge in [0.2, 0.25) is 5.91 Å². The molecule has 1 atom stereocenters. The molecule has 2 aromatic carbocycles. The van der Waals surface area contributed by atoms with Crippen LogP contribution in [0.25, 0.3) is 0 Å². The smallest absolute Gasteiger partial charge is 0.253 e. The Labute approximate surface area is 202 Å². The number of hydrogen-bond donors (Lipinski definition) is 1. The van der Waals surface area contributed by atoms with Crippen LogP contribution >= 0.6 is 0 Å². The van der Waals surface area contributed by atoms with Crippen LogP contribution in [0.15, 0.2) is 61.2 Å². The summed E-state index contributed by atoms with van der Waals surface area (Å²) in [5, 5.41) is 3.30. The molecular weight excluding hydrogens is 426 g/mol. The molecule has 1 saturated heterocycles. The average molecular weight is 462 g/mol. The number of carbonyl (C=O) groups excluding carboxylic acids is 2. The van der Waals surface area contributed by atoms with Crippen molar-refractivity contribution in [2.75, 3.05) is 24.5 Å². The van der Waals surface area contributed by atoms with Crippen LogP contribution < -0.4 is 15.0 Å². The van der Waals surface area contributed by atoms with Crippen molar-refractivity contribution in [3.63, 3.8) is 0 Å². The molecule has 1 fully saturated rings. The molecule has 1 unspecified atom stereocenters. The van der Waals surface area contributed by atoms with Crippen LogP contribution in [0.4, 0.5) is 5.69 Å². The molecule has 34 heavy (non-hydrogen) atoms. The summed E-state index contributed by atoms with van der Waals surface area (Å²) in [6, 6.07) is 15.7. The Kier molecular flexibility index (Phi) is 8.01. The highest BCUT2D eigenvalue weighted by Gasteiger charge is 2.33. The minimum Gasteiger partial charge on any atom is -0.475 e. The van der Waals surface area contributed by atoms with E-state index in [0.717, 1.165) is 43.5 Å². The lowest BCUT2D eigenvalue weighted by Crippen LogP contribution is -2.50. The predicted molar refractivity (Wildman–Crippen MR) is 135 cm³/mol. The molecule has 180 valence electrons. The van der Waals surface area contributed by atoms with E-state index < -0.39 is 0 Å². The van der Waals surface area contributed by atoms with Crippen molar-refractivity contribution in [1.29, 1.82) is 0 Å². The standard InChI is InChI=1S/C28H35N3O3/c1-3-7-26(29-18-4-2)34-24-13-10-22(11-14-24)28(33)30-19-16-23(17-20-30)31-25-9-6-5-8-21(25)12-15-27(31)32/h4-6,8-11,13-14,23,26,29H,2-3,7,12,15-20H2,1H3. The zero-order valence-corrected chi connectivity index (χ0v) is 20.0. The third-order valence-electron chi connectivity index (χ3n) is 6.67. The molecule has 2 aromatic rings. The van der Waals surface area contributed by atoms with Crippen molar-refractivity contribution in [3.05, 3.63) is 72.3 Å². The number of fused-ring (bicyclic) bond motifs is 1. The first-order valence-corrected chi connectivity index (χ1v) is 12.4. The van der Waals surface area contributed by atoms with Gasteiger partial charge in [0.1, 0.15) is 12.0 Å². The second-order valence-electron chi connectivity index (χ2n) is 9.03. The van der Waals surface area contributed by atoms with Crippen LogP contribution in [-0.2, 0) is 11.2 Å². The third kappa shape index (κ3) is 5.50. The summed E-state index contributed by atoms with van der Waals surface area (Å²) in [4.78, 5) is 29.7. The lowest BCUT2D eigenvalue weighted by Gasteiger charge is -2.41. The van der Waals surface area contributed by atoms with E-state index in [1.165, 1.54) is 5.56 Å². The number of ether oxygens (including phenoxy) is 1. The van der Waals surface area contributed by atoms with Crippen molar-refractivity contribution in [2.45, 2.75) is 57.7 Å². The molecule has 0 aliphatic carbocycles. The largest absolute Gasteiger partial charge is 0.475 e. The van der Waals surface area contributed by atoms with Gasteiger partial charge >= 0.3 is 0 Å². The summed E-state index contributed by atoms with van der Waals surface area (Å²) in [6.45, 7) is 7.85. The number of piperidine rings is 1. The maximum Gasteiger partial charge on any atom is 0.253 e. The van der Waals surface area contributed by atoms with E-state index in [0.29, 0.717) is 31.6 Å². The number of rotatable bonds is 9. The fraction of sp³-hybridized carbons (Fsp3) is 0.429. The number of benzene rings is 2. The predicted octanol–water partition coefficient (Wildman–Crippen LogP) is 4.55. The second kappa shape index (κ2) is 11.3. The lowest BCUT2D eigenvalue weighted by molar-refractivity contribution is -0.119. The van der Waals surface area contributed by atoms with E-state index >= 15 is 0 Å². The average Bonchev–Trinajstić information content (AvgIpc) is 2.87. The van der Waals surface area contributed by atoms with Gasteiger partial charge in [-0.1, -0.05) is 37.6 Å². The highest BCUT2D eigenvalue weighted by Crippen LogP contribution is 2.32. The first-order chi connectivity index (χ1) is 16.6. The molecule has 2 aliphatic rings. The normalized spacial score (nSPS) is 17.3. The maximum absolute atomic E-state index is 13.1. The molecule has 0 aromatic heterocycles. The van der Waals surface area contributed by atoms with Crippen LogP contribution in [0.5, 0.6) is 5.75 Å². The Morgan fingerprint density at radius 3 is 2.59 bits per heavy atom. The minimum atomic E-state index is -0.0776. The van der Waals surface area contributed by atoms with Crippen LogP contribution in [0.1, 0.15) is 54.9 Å². The van der Waals surface area contributed by atoms with Crippen LogP contribution in [0, 0.1) is 0 Å². The molecule has 0 bridgehead atoms. The number of aryl methyl sites for hydroxylation is 1. The first kappa shape index (κ1) is 24.0. The number of para-hydroxylation sites is 1. The molecule has 2 heterocycles. The maximum atomic E-state index is 13.1. The van der Waals surface area contributed by atoms with E-state index in [1.54, 1.807) is 0 Å². The Hall–Kier alpha value is -3.12. The molecular formula is C28H35N3O3. The fourth-order valence-electron chi connectivity index (χ4n) is 4.88. The summed E-state index contributed by atoms with van der Waals surface area (Å²) in [7, 11) is 0.